The SMILES string of the molecule is CC(Br)CN(C)CC1CCCO1. The fourth-order valence-electron chi connectivity index (χ4n) is 1.64. The number of nitrogens with zero attached hydrogens (tertiary/aromatic N) is 1. The molecule has 2 atom stereocenters. The highest BCUT2D eigenvalue weighted by Gasteiger charge is 2.17. The summed E-state index contributed by atoms with van der Waals surface area (Å²) in [6, 6.07) is 0. The van der Waals surface area contributed by atoms with Crippen LogP contribution in [-0.4, -0.2) is 42.6 Å². The highest BCUT2D eigenvalue weighted by molar-refractivity contribution is 9.09. The molecule has 1 aliphatic rings. The van der Waals surface area contributed by atoms with E-state index < -0.39 is 0 Å². The zero-order chi connectivity index (χ0) is 8.97. The van der Waals surface area contributed by atoms with Gasteiger partial charge in [0.2, 0.25) is 0 Å². The number of alkyl halides is 1. The molecule has 0 amide bonds. The van der Waals surface area contributed by atoms with Gasteiger partial charge in [0.25, 0.3) is 0 Å². The first kappa shape index (κ1) is 10.5. The Morgan fingerprint density at radius 3 is 2.92 bits per heavy atom. The molecule has 0 aromatic heterocycles. The Hall–Kier alpha value is 0.400. The minimum atomic E-state index is 0.487. The summed E-state index contributed by atoms with van der Waals surface area (Å²) < 4.78 is 5.55. The number of hydrogen-bond acceptors (Lipinski definition) is 2. The number of hydrogen-bond donors (Lipinski definition) is 0. The second kappa shape index (κ2) is 5.20. The smallest absolute Gasteiger partial charge is 0.0702 e. The van der Waals surface area contributed by atoms with Crippen LogP contribution >= 0.6 is 15.9 Å². The number of rotatable bonds is 4. The van der Waals surface area contributed by atoms with Crippen LogP contribution in [0.25, 0.3) is 0 Å². The van der Waals surface area contributed by atoms with Gasteiger partial charge in [-0.3, -0.25) is 0 Å². The van der Waals surface area contributed by atoms with Crippen molar-refractivity contribution in [2.24, 2.45) is 0 Å². The van der Waals surface area contributed by atoms with Crippen molar-refractivity contribution in [3.63, 3.8) is 0 Å². The minimum Gasteiger partial charge on any atom is -0.377 e. The predicted octanol–water partition coefficient (Wildman–Crippen LogP) is 1.88. The number of halogens is 1. The summed E-state index contributed by atoms with van der Waals surface area (Å²) in [6.07, 6.45) is 2.96. The largest absolute Gasteiger partial charge is 0.377 e. The lowest BCUT2D eigenvalue weighted by molar-refractivity contribution is 0.0818. The topological polar surface area (TPSA) is 12.5 Å². The molecule has 72 valence electrons. The molecule has 2 unspecified atom stereocenters. The lowest BCUT2D eigenvalue weighted by Crippen LogP contribution is -2.32. The van der Waals surface area contributed by atoms with Crippen LogP contribution in [0.5, 0.6) is 0 Å². The normalized spacial score (nSPS) is 26.5. The first-order valence-electron chi connectivity index (χ1n) is 4.62. The molecule has 3 heteroatoms. The summed E-state index contributed by atoms with van der Waals surface area (Å²) in [4.78, 5) is 2.90. The van der Waals surface area contributed by atoms with E-state index in [4.69, 9.17) is 4.74 Å². The highest BCUT2D eigenvalue weighted by Crippen LogP contribution is 2.13. The van der Waals surface area contributed by atoms with Crippen LogP contribution in [0.2, 0.25) is 0 Å². The van der Waals surface area contributed by atoms with Gasteiger partial charge in [0.05, 0.1) is 6.10 Å². The van der Waals surface area contributed by atoms with Gasteiger partial charge in [0.15, 0.2) is 0 Å². The van der Waals surface area contributed by atoms with Crippen molar-refractivity contribution in [1.82, 2.24) is 4.90 Å². The average molecular weight is 236 g/mol. The fourth-order valence-corrected chi connectivity index (χ4v) is 2.13. The van der Waals surface area contributed by atoms with Gasteiger partial charge in [-0.25, -0.2) is 0 Å². The Bertz CT molecular complexity index is 124. The molecule has 1 fully saturated rings. The van der Waals surface area contributed by atoms with Crippen LogP contribution in [0, 0.1) is 0 Å². The molecule has 1 rings (SSSR count). The quantitative estimate of drug-likeness (QED) is 0.691. The van der Waals surface area contributed by atoms with Gasteiger partial charge in [-0.2, -0.15) is 0 Å². The van der Waals surface area contributed by atoms with Crippen molar-refractivity contribution in [3.05, 3.63) is 0 Å². The molecule has 0 radical (unpaired) electrons. The van der Waals surface area contributed by atoms with E-state index in [1.165, 1.54) is 12.8 Å². The second-order valence-corrected chi connectivity index (χ2v) is 5.20. The van der Waals surface area contributed by atoms with Gasteiger partial charge < -0.3 is 9.64 Å². The maximum atomic E-state index is 5.55. The summed E-state index contributed by atoms with van der Waals surface area (Å²) >= 11 is 3.54. The van der Waals surface area contributed by atoms with Crippen LogP contribution < -0.4 is 0 Å². The zero-order valence-electron chi connectivity index (χ0n) is 7.92. The van der Waals surface area contributed by atoms with E-state index in [1.807, 2.05) is 0 Å². The molecule has 0 spiro atoms. The average Bonchev–Trinajstić information content (AvgIpc) is 2.37. The molecule has 1 aliphatic heterocycles. The van der Waals surface area contributed by atoms with Crippen LogP contribution in [0.3, 0.4) is 0 Å². The molecule has 1 heterocycles. The Morgan fingerprint density at radius 2 is 2.42 bits per heavy atom. The van der Waals surface area contributed by atoms with Crippen LogP contribution in [0.1, 0.15) is 19.8 Å². The van der Waals surface area contributed by atoms with Crippen LogP contribution in [0.15, 0.2) is 0 Å². The van der Waals surface area contributed by atoms with Gasteiger partial charge in [-0.05, 0) is 19.9 Å². The van der Waals surface area contributed by atoms with Gasteiger partial charge in [-0.15, -0.1) is 0 Å². The highest BCUT2D eigenvalue weighted by atomic mass is 79.9. The molecule has 0 N–H and O–H groups in total. The van der Waals surface area contributed by atoms with Gasteiger partial charge >= 0.3 is 0 Å². The van der Waals surface area contributed by atoms with Crippen molar-refractivity contribution in [3.8, 4) is 0 Å². The monoisotopic (exact) mass is 235 g/mol. The van der Waals surface area contributed by atoms with Crippen LogP contribution in [-0.2, 0) is 4.74 Å². The minimum absolute atomic E-state index is 0.487. The third kappa shape index (κ3) is 3.87. The van der Waals surface area contributed by atoms with Crippen molar-refractivity contribution < 1.29 is 4.74 Å². The molecule has 1 saturated heterocycles. The molecule has 12 heavy (non-hydrogen) atoms. The van der Waals surface area contributed by atoms with E-state index >= 15 is 0 Å². The Labute approximate surface area is 83.4 Å². The van der Waals surface area contributed by atoms with Crippen molar-refractivity contribution in [2.45, 2.75) is 30.7 Å². The summed E-state index contributed by atoms with van der Waals surface area (Å²) in [5.74, 6) is 0. The summed E-state index contributed by atoms with van der Waals surface area (Å²) in [5.41, 5.74) is 0. The van der Waals surface area contributed by atoms with Crippen molar-refractivity contribution >= 4 is 15.9 Å². The van der Waals surface area contributed by atoms with Gasteiger partial charge in [0, 0.05) is 24.5 Å². The van der Waals surface area contributed by atoms with E-state index in [-0.39, 0.29) is 0 Å². The molecular formula is C9H18BrNO. The maximum absolute atomic E-state index is 5.55. The molecular weight excluding hydrogens is 218 g/mol. The first-order valence-corrected chi connectivity index (χ1v) is 5.54. The Balaban J connectivity index is 2.11. The first-order chi connectivity index (χ1) is 5.68. The lowest BCUT2D eigenvalue weighted by Gasteiger charge is -2.21. The standard InChI is InChI=1S/C9H18BrNO/c1-8(10)6-11(2)7-9-4-3-5-12-9/h8-9H,3-7H2,1-2H3. The molecule has 0 saturated carbocycles. The van der Waals surface area contributed by atoms with E-state index in [9.17, 15) is 0 Å². The summed E-state index contributed by atoms with van der Waals surface area (Å²) in [5, 5.41) is 0. The van der Waals surface area contributed by atoms with E-state index in [1.54, 1.807) is 0 Å². The van der Waals surface area contributed by atoms with Gasteiger partial charge in [0.1, 0.15) is 0 Å². The number of ether oxygens (including phenoxy) is 1. The maximum Gasteiger partial charge on any atom is 0.0702 e. The number of likely N-dealkylation sites (N-methyl/N-ethyl adjacent to an activating group) is 1. The molecule has 2 nitrogen and oxygen atoms in total. The van der Waals surface area contributed by atoms with Gasteiger partial charge in [-0.1, -0.05) is 22.9 Å². The van der Waals surface area contributed by atoms with Crippen LogP contribution in [0.4, 0.5) is 0 Å². The predicted molar refractivity (Wildman–Crippen MR) is 54.9 cm³/mol. The van der Waals surface area contributed by atoms with E-state index in [0.717, 1.165) is 19.7 Å². The van der Waals surface area contributed by atoms with E-state index in [0.29, 0.717) is 10.9 Å². The Kier molecular flexibility index (Phi) is 4.54. The Morgan fingerprint density at radius 1 is 1.67 bits per heavy atom. The fraction of sp³-hybridized carbons (Fsp3) is 1.00. The van der Waals surface area contributed by atoms with Crippen molar-refractivity contribution in [1.29, 1.82) is 0 Å². The molecule has 0 aliphatic carbocycles. The lowest BCUT2D eigenvalue weighted by atomic mass is 10.2. The van der Waals surface area contributed by atoms with E-state index in [2.05, 4.69) is 34.8 Å². The second-order valence-electron chi connectivity index (χ2n) is 3.64. The molecule has 0 bridgehead atoms. The third-order valence-electron chi connectivity index (χ3n) is 2.10. The summed E-state index contributed by atoms with van der Waals surface area (Å²) in [6.45, 7) is 5.31. The third-order valence-corrected chi connectivity index (χ3v) is 2.39. The summed E-state index contributed by atoms with van der Waals surface area (Å²) in [7, 11) is 2.15. The van der Waals surface area contributed by atoms with Crippen molar-refractivity contribution in [2.75, 3.05) is 26.7 Å². The zero-order valence-corrected chi connectivity index (χ0v) is 9.51. The molecule has 0 aromatic rings. The molecule has 0 aromatic carbocycles.